The molecule has 1 atom stereocenters. The summed E-state index contributed by atoms with van der Waals surface area (Å²) in [6.45, 7) is 3.94. The maximum Gasteiger partial charge on any atom is 0.261 e. The summed E-state index contributed by atoms with van der Waals surface area (Å²) >= 11 is 1.53. The molecule has 0 spiro atoms. The van der Waals surface area contributed by atoms with Crippen LogP contribution in [0.2, 0.25) is 0 Å². The lowest BCUT2D eigenvalue weighted by Gasteiger charge is -2.32. The van der Waals surface area contributed by atoms with Gasteiger partial charge in [-0.3, -0.25) is 9.59 Å². The molecule has 2 heterocycles. The zero-order chi connectivity index (χ0) is 19.5. The number of carbonyl (C=O) groups excluding carboxylic acids is 2. The Labute approximate surface area is 170 Å². The molecule has 0 bridgehead atoms. The number of hydrogen-bond acceptors (Lipinski definition) is 4. The minimum absolute atomic E-state index is 0.00896. The van der Waals surface area contributed by atoms with Crippen molar-refractivity contribution in [2.24, 2.45) is 5.92 Å². The summed E-state index contributed by atoms with van der Waals surface area (Å²) < 4.78 is 7.12. The van der Waals surface area contributed by atoms with E-state index >= 15 is 0 Å². The highest BCUT2D eigenvalue weighted by molar-refractivity contribution is 7.21. The zero-order valence-electron chi connectivity index (χ0n) is 16.4. The fourth-order valence-corrected chi connectivity index (χ4v) is 5.54. The maximum atomic E-state index is 13.1. The minimum atomic E-state index is -0.260. The van der Waals surface area contributed by atoms with Crippen molar-refractivity contribution in [3.05, 3.63) is 34.7 Å². The molecule has 1 saturated carbocycles. The van der Waals surface area contributed by atoms with E-state index < -0.39 is 0 Å². The minimum Gasteiger partial charge on any atom is -0.370 e. The Hall–Kier alpha value is -1.92. The Morgan fingerprint density at radius 2 is 2.00 bits per heavy atom. The van der Waals surface area contributed by atoms with Crippen molar-refractivity contribution < 1.29 is 14.3 Å². The zero-order valence-corrected chi connectivity index (χ0v) is 17.2. The Bertz CT molecular complexity index is 857. The molecule has 1 aliphatic heterocycles. The first-order valence-corrected chi connectivity index (χ1v) is 11.1. The number of benzene rings is 1. The van der Waals surface area contributed by atoms with Gasteiger partial charge >= 0.3 is 0 Å². The number of amides is 2. The third-order valence-corrected chi connectivity index (χ3v) is 7.14. The van der Waals surface area contributed by atoms with Crippen LogP contribution in [-0.2, 0) is 9.53 Å². The van der Waals surface area contributed by atoms with Crippen molar-refractivity contribution in [3.8, 4) is 0 Å². The highest BCUT2D eigenvalue weighted by Gasteiger charge is 2.30. The molecule has 2 fully saturated rings. The van der Waals surface area contributed by atoms with Gasteiger partial charge in [0.05, 0.1) is 18.0 Å². The normalized spacial score (nSPS) is 21.0. The molecule has 1 saturated heterocycles. The van der Waals surface area contributed by atoms with Gasteiger partial charge in [0.25, 0.3) is 5.91 Å². The van der Waals surface area contributed by atoms with Crippen molar-refractivity contribution in [1.29, 1.82) is 0 Å². The molecule has 2 aromatic rings. The standard InChI is InChI=1S/C22H28N2O3S/c1-15(25)24-11-12-27-18(14-24)20-17-9-5-6-10-19(17)28-21(20)22(26)23-13-16-7-3-2-4-8-16/h5-6,9-10,16,18H,2-4,7-8,11-14H2,1H3,(H,23,26). The molecule has 1 unspecified atom stereocenters. The van der Waals surface area contributed by atoms with Crippen LogP contribution in [0.5, 0.6) is 0 Å². The van der Waals surface area contributed by atoms with Crippen molar-refractivity contribution in [2.75, 3.05) is 26.2 Å². The SMILES string of the molecule is CC(=O)N1CCOC(c2c(C(=O)NCC3CCCCC3)sc3ccccc23)C1. The molecule has 1 aromatic heterocycles. The number of morpholine rings is 1. The molecule has 6 heteroatoms. The highest BCUT2D eigenvalue weighted by Crippen LogP contribution is 2.38. The molecule has 2 aliphatic rings. The number of nitrogens with one attached hydrogen (secondary N) is 1. The summed E-state index contributed by atoms with van der Waals surface area (Å²) in [4.78, 5) is 27.5. The van der Waals surface area contributed by atoms with E-state index in [1.54, 1.807) is 6.92 Å². The number of rotatable bonds is 4. The van der Waals surface area contributed by atoms with Crippen LogP contribution < -0.4 is 5.32 Å². The molecule has 1 aromatic carbocycles. The van der Waals surface area contributed by atoms with Crippen LogP contribution >= 0.6 is 11.3 Å². The van der Waals surface area contributed by atoms with Crippen LogP contribution in [0.15, 0.2) is 24.3 Å². The van der Waals surface area contributed by atoms with Crippen LogP contribution in [0.25, 0.3) is 10.1 Å². The van der Waals surface area contributed by atoms with Crippen LogP contribution in [0, 0.1) is 5.92 Å². The third kappa shape index (κ3) is 4.08. The van der Waals surface area contributed by atoms with E-state index in [4.69, 9.17) is 4.74 Å². The highest BCUT2D eigenvalue weighted by atomic mass is 32.1. The van der Waals surface area contributed by atoms with Crippen molar-refractivity contribution >= 4 is 33.2 Å². The molecular formula is C22H28N2O3S. The first-order valence-electron chi connectivity index (χ1n) is 10.3. The van der Waals surface area contributed by atoms with Gasteiger partial charge in [0.15, 0.2) is 0 Å². The number of nitrogens with zero attached hydrogens (tertiary/aromatic N) is 1. The predicted octanol–water partition coefficient (Wildman–Crippen LogP) is 4.13. The lowest BCUT2D eigenvalue weighted by Crippen LogP contribution is -2.41. The average molecular weight is 401 g/mol. The number of hydrogen-bond donors (Lipinski definition) is 1. The average Bonchev–Trinajstić information content (AvgIpc) is 3.12. The topological polar surface area (TPSA) is 58.6 Å². The van der Waals surface area contributed by atoms with Gasteiger partial charge in [-0.15, -0.1) is 11.3 Å². The second-order valence-electron chi connectivity index (χ2n) is 7.88. The summed E-state index contributed by atoms with van der Waals surface area (Å²) in [5, 5.41) is 4.24. The van der Waals surface area contributed by atoms with E-state index in [-0.39, 0.29) is 17.9 Å². The molecule has 0 radical (unpaired) electrons. The summed E-state index contributed by atoms with van der Waals surface area (Å²) in [5.41, 5.74) is 0.938. The van der Waals surface area contributed by atoms with E-state index in [0.717, 1.165) is 27.1 Å². The van der Waals surface area contributed by atoms with Crippen molar-refractivity contribution in [2.45, 2.75) is 45.1 Å². The Kier molecular flexibility index (Phi) is 5.97. The molecule has 28 heavy (non-hydrogen) atoms. The Balaban J connectivity index is 1.59. The summed E-state index contributed by atoms with van der Waals surface area (Å²) in [5.74, 6) is 0.635. The second kappa shape index (κ2) is 8.62. The lowest BCUT2D eigenvalue weighted by molar-refractivity contribution is -0.136. The third-order valence-electron chi connectivity index (χ3n) is 5.95. The molecular weight excluding hydrogens is 372 g/mol. The number of fused-ring (bicyclic) bond motifs is 1. The van der Waals surface area contributed by atoms with Gasteiger partial charge in [0, 0.05) is 30.3 Å². The molecule has 1 aliphatic carbocycles. The largest absolute Gasteiger partial charge is 0.370 e. The van der Waals surface area contributed by atoms with E-state index in [1.165, 1.54) is 43.4 Å². The lowest BCUT2D eigenvalue weighted by atomic mass is 9.89. The van der Waals surface area contributed by atoms with E-state index in [2.05, 4.69) is 11.4 Å². The first-order chi connectivity index (χ1) is 13.6. The Morgan fingerprint density at radius 1 is 1.21 bits per heavy atom. The van der Waals surface area contributed by atoms with Gasteiger partial charge in [0.2, 0.25) is 5.91 Å². The molecule has 1 N–H and O–H groups in total. The first kappa shape index (κ1) is 19.4. The maximum absolute atomic E-state index is 13.1. The number of ether oxygens (including phenoxy) is 1. The quantitative estimate of drug-likeness (QED) is 0.839. The van der Waals surface area contributed by atoms with E-state index in [9.17, 15) is 9.59 Å². The van der Waals surface area contributed by atoms with Gasteiger partial charge in [0.1, 0.15) is 6.10 Å². The fourth-order valence-electron chi connectivity index (χ4n) is 4.37. The fraction of sp³-hybridized carbons (Fsp3) is 0.545. The Morgan fingerprint density at radius 3 is 2.79 bits per heavy atom. The van der Waals surface area contributed by atoms with Crippen LogP contribution in [0.1, 0.15) is 60.4 Å². The van der Waals surface area contributed by atoms with E-state index in [0.29, 0.717) is 25.6 Å². The van der Waals surface area contributed by atoms with E-state index in [1.807, 2.05) is 23.1 Å². The van der Waals surface area contributed by atoms with Crippen molar-refractivity contribution in [3.63, 3.8) is 0 Å². The predicted molar refractivity (Wildman–Crippen MR) is 112 cm³/mol. The number of carbonyl (C=O) groups is 2. The number of thiophene rings is 1. The van der Waals surface area contributed by atoms with Gasteiger partial charge in [-0.1, -0.05) is 37.5 Å². The summed E-state index contributed by atoms with van der Waals surface area (Å²) in [6.07, 6.45) is 6.01. The van der Waals surface area contributed by atoms with Gasteiger partial charge in [-0.25, -0.2) is 0 Å². The molecule has 2 amide bonds. The van der Waals surface area contributed by atoms with Crippen LogP contribution in [0.4, 0.5) is 0 Å². The molecule has 4 rings (SSSR count). The van der Waals surface area contributed by atoms with Gasteiger partial charge in [-0.05, 0) is 30.2 Å². The van der Waals surface area contributed by atoms with Crippen LogP contribution in [0.3, 0.4) is 0 Å². The molecule has 150 valence electrons. The summed E-state index contributed by atoms with van der Waals surface area (Å²) in [7, 11) is 0. The van der Waals surface area contributed by atoms with Gasteiger partial charge in [-0.2, -0.15) is 0 Å². The van der Waals surface area contributed by atoms with Crippen LogP contribution in [-0.4, -0.2) is 43.0 Å². The second-order valence-corrected chi connectivity index (χ2v) is 8.93. The summed E-state index contributed by atoms with van der Waals surface area (Å²) in [6, 6.07) is 8.09. The monoisotopic (exact) mass is 400 g/mol. The smallest absolute Gasteiger partial charge is 0.261 e. The van der Waals surface area contributed by atoms with Crippen molar-refractivity contribution in [1.82, 2.24) is 10.2 Å². The van der Waals surface area contributed by atoms with Gasteiger partial charge < -0.3 is 15.0 Å². The molecule has 5 nitrogen and oxygen atoms in total.